The lowest BCUT2D eigenvalue weighted by atomic mass is 9.95. The first kappa shape index (κ1) is 24.0. The number of piperidine rings is 1. The molecule has 6 rings (SSSR count). The zero-order valence-electron chi connectivity index (χ0n) is 21.0. The number of hydrogen-bond donors (Lipinski definition) is 2. The molecule has 0 bridgehead atoms. The molecule has 1 saturated carbocycles. The van der Waals surface area contributed by atoms with Crippen molar-refractivity contribution < 1.29 is 13.9 Å². The van der Waals surface area contributed by atoms with Crippen LogP contribution in [0.3, 0.4) is 0 Å². The van der Waals surface area contributed by atoms with Crippen molar-refractivity contribution in [1.29, 1.82) is 0 Å². The van der Waals surface area contributed by atoms with Crippen molar-refractivity contribution in [2.45, 2.75) is 25.5 Å². The zero-order valence-corrected chi connectivity index (χ0v) is 21.0. The van der Waals surface area contributed by atoms with E-state index in [1.807, 2.05) is 26.0 Å². The predicted octanol–water partition coefficient (Wildman–Crippen LogP) is 2.79. The van der Waals surface area contributed by atoms with E-state index in [0.29, 0.717) is 36.2 Å². The average molecular weight is 515 g/mol. The highest BCUT2D eigenvalue weighted by Crippen LogP contribution is 2.48. The van der Waals surface area contributed by atoms with Gasteiger partial charge in [-0.15, -0.1) is 5.10 Å². The summed E-state index contributed by atoms with van der Waals surface area (Å²) in [6, 6.07) is 11.6. The standard InChI is InChI=1S/C27H27FN8O2/c1-27(2,30)16-10-21(15-4-6-17(28)7-5-15)33-22(11-16)38-23-18-12-35(13-19(18)23)25(37)20-14-36(34-24(20)29)26-31-8-3-9-32-26/h3-11,14,18-19,23H,12-13,30H2,1-2H3,(H2,29,34)/t18-,19+,23?. The van der Waals surface area contributed by atoms with E-state index in [-0.39, 0.29) is 35.5 Å². The maximum absolute atomic E-state index is 13.4. The Labute approximate surface area is 218 Å². The summed E-state index contributed by atoms with van der Waals surface area (Å²) < 4.78 is 21.2. The van der Waals surface area contributed by atoms with Gasteiger partial charge in [0, 0.05) is 60.7 Å². The molecule has 1 unspecified atom stereocenters. The Morgan fingerprint density at radius 2 is 1.79 bits per heavy atom. The topological polar surface area (TPSA) is 138 Å². The Morgan fingerprint density at radius 1 is 1.11 bits per heavy atom. The number of halogens is 1. The van der Waals surface area contributed by atoms with E-state index in [1.54, 1.807) is 41.7 Å². The minimum absolute atomic E-state index is 0.0541. The quantitative estimate of drug-likeness (QED) is 0.401. The highest BCUT2D eigenvalue weighted by molar-refractivity contribution is 5.98. The Morgan fingerprint density at radius 3 is 2.45 bits per heavy atom. The maximum atomic E-state index is 13.4. The number of anilines is 1. The molecule has 1 aliphatic heterocycles. The molecule has 1 amide bonds. The lowest BCUT2D eigenvalue weighted by Crippen LogP contribution is -2.33. The second-order valence-corrected chi connectivity index (χ2v) is 10.3. The smallest absolute Gasteiger partial charge is 0.259 e. The van der Waals surface area contributed by atoms with Crippen LogP contribution >= 0.6 is 0 Å². The molecule has 1 aromatic carbocycles. The molecule has 2 fully saturated rings. The second-order valence-electron chi connectivity index (χ2n) is 10.3. The highest BCUT2D eigenvalue weighted by Gasteiger charge is 2.59. The molecule has 10 nitrogen and oxygen atoms in total. The first-order chi connectivity index (χ1) is 18.2. The lowest BCUT2D eigenvalue weighted by Gasteiger charge is -2.22. The SMILES string of the molecule is CC(C)(N)c1cc(OC2[C@H]3CN(C(=O)c4cn(-c5ncccn5)nc4N)C[C@@H]23)nc(-c2ccc(F)cc2)c1. The molecular weight excluding hydrogens is 487 g/mol. The molecule has 3 atom stereocenters. The summed E-state index contributed by atoms with van der Waals surface area (Å²) in [5.41, 5.74) is 14.4. The van der Waals surface area contributed by atoms with Crippen LogP contribution in [-0.4, -0.2) is 54.7 Å². The second kappa shape index (κ2) is 8.88. The summed E-state index contributed by atoms with van der Waals surface area (Å²) in [5.74, 6) is 0.829. The van der Waals surface area contributed by atoms with E-state index < -0.39 is 5.54 Å². The maximum Gasteiger partial charge on any atom is 0.259 e. The van der Waals surface area contributed by atoms with Gasteiger partial charge in [-0.2, -0.15) is 0 Å². The van der Waals surface area contributed by atoms with Gasteiger partial charge >= 0.3 is 0 Å². The number of carbonyl (C=O) groups is 1. The number of benzene rings is 1. The molecule has 4 heterocycles. The number of nitrogens with two attached hydrogens (primary N) is 2. The Bertz CT molecular complexity index is 1490. The fourth-order valence-electron chi connectivity index (χ4n) is 4.89. The fourth-order valence-corrected chi connectivity index (χ4v) is 4.89. The van der Waals surface area contributed by atoms with Gasteiger partial charge in [-0.3, -0.25) is 4.79 Å². The highest BCUT2D eigenvalue weighted by atomic mass is 19.1. The minimum Gasteiger partial charge on any atom is -0.474 e. The van der Waals surface area contributed by atoms with Gasteiger partial charge in [0.05, 0.1) is 5.69 Å². The van der Waals surface area contributed by atoms with Crippen LogP contribution in [0.4, 0.5) is 10.2 Å². The number of nitrogens with zero attached hydrogens (tertiary/aromatic N) is 6. The molecule has 4 N–H and O–H groups in total. The van der Waals surface area contributed by atoms with Crippen molar-refractivity contribution in [3.63, 3.8) is 0 Å². The van der Waals surface area contributed by atoms with Gasteiger partial charge in [0.1, 0.15) is 17.5 Å². The number of amides is 1. The average Bonchev–Trinajstić information content (AvgIpc) is 3.22. The van der Waals surface area contributed by atoms with Crippen molar-refractivity contribution in [2.75, 3.05) is 18.8 Å². The van der Waals surface area contributed by atoms with E-state index in [4.69, 9.17) is 16.2 Å². The Hall–Kier alpha value is -4.38. The molecule has 1 saturated heterocycles. The summed E-state index contributed by atoms with van der Waals surface area (Å²) >= 11 is 0. The van der Waals surface area contributed by atoms with Gasteiger partial charge in [-0.05, 0) is 55.8 Å². The number of hydrogen-bond acceptors (Lipinski definition) is 8. The number of rotatable bonds is 6. The first-order valence-electron chi connectivity index (χ1n) is 12.3. The normalized spacial score (nSPS) is 20.3. The monoisotopic (exact) mass is 514 g/mol. The van der Waals surface area contributed by atoms with Crippen LogP contribution in [0.5, 0.6) is 5.88 Å². The van der Waals surface area contributed by atoms with Crippen molar-refractivity contribution in [1.82, 2.24) is 29.6 Å². The molecule has 4 aromatic rings. The van der Waals surface area contributed by atoms with Gasteiger partial charge in [-0.25, -0.2) is 24.0 Å². The number of pyridine rings is 1. The van der Waals surface area contributed by atoms with Crippen LogP contribution in [0.15, 0.2) is 61.1 Å². The van der Waals surface area contributed by atoms with Gasteiger partial charge in [0.2, 0.25) is 5.88 Å². The summed E-state index contributed by atoms with van der Waals surface area (Å²) in [6.07, 6.45) is 4.70. The van der Waals surface area contributed by atoms with Gasteiger partial charge in [-0.1, -0.05) is 0 Å². The molecule has 38 heavy (non-hydrogen) atoms. The molecule has 194 valence electrons. The van der Waals surface area contributed by atoms with Crippen molar-refractivity contribution in [2.24, 2.45) is 17.6 Å². The molecule has 0 radical (unpaired) electrons. The van der Waals surface area contributed by atoms with Crippen molar-refractivity contribution >= 4 is 11.7 Å². The Kier molecular flexibility index (Phi) is 5.60. The number of carbonyl (C=O) groups excluding carboxylic acids is 1. The van der Waals surface area contributed by atoms with E-state index in [2.05, 4.69) is 20.1 Å². The molecule has 11 heteroatoms. The number of likely N-dealkylation sites (tertiary alicyclic amines) is 1. The van der Waals surface area contributed by atoms with Crippen LogP contribution in [0, 0.1) is 17.7 Å². The van der Waals surface area contributed by atoms with E-state index in [1.165, 1.54) is 16.8 Å². The molecular formula is C27H27FN8O2. The van der Waals surface area contributed by atoms with E-state index >= 15 is 0 Å². The van der Waals surface area contributed by atoms with Crippen LogP contribution in [-0.2, 0) is 5.54 Å². The minimum atomic E-state index is -0.617. The van der Waals surface area contributed by atoms with Crippen molar-refractivity contribution in [3.05, 3.63) is 78.0 Å². The predicted molar refractivity (Wildman–Crippen MR) is 138 cm³/mol. The third kappa shape index (κ3) is 4.45. The third-order valence-corrected chi connectivity index (χ3v) is 7.08. The number of aromatic nitrogens is 5. The molecule has 1 aliphatic carbocycles. The first-order valence-corrected chi connectivity index (χ1v) is 12.3. The number of ether oxygens (including phenoxy) is 1. The van der Waals surface area contributed by atoms with Crippen molar-refractivity contribution in [3.8, 4) is 23.1 Å². The summed E-state index contributed by atoms with van der Waals surface area (Å²) in [6.45, 7) is 4.92. The fraction of sp³-hybridized carbons (Fsp3) is 0.296. The zero-order chi connectivity index (χ0) is 26.6. The summed E-state index contributed by atoms with van der Waals surface area (Å²) in [4.78, 5) is 27.9. The van der Waals surface area contributed by atoms with Gasteiger partial charge in [0.15, 0.2) is 5.82 Å². The molecule has 3 aromatic heterocycles. The summed E-state index contributed by atoms with van der Waals surface area (Å²) in [5, 5.41) is 4.20. The molecule has 0 spiro atoms. The number of nitrogen functional groups attached to an aromatic ring is 1. The lowest BCUT2D eigenvalue weighted by molar-refractivity contribution is 0.0752. The van der Waals surface area contributed by atoms with Crippen LogP contribution in [0.25, 0.3) is 17.2 Å². The van der Waals surface area contributed by atoms with Crippen LogP contribution < -0.4 is 16.2 Å². The van der Waals surface area contributed by atoms with Crippen LogP contribution in [0.2, 0.25) is 0 Å². The van der Waals surface area contributed by atoms with Crippen LogP contribution in [0.1, 0.15) is 29.8 Å². The number of fused-ring (bicyclic) bond motifs is 1. The molecule has 2 aliphatic rings. The van der Waals surface area contributed by atoms with Gasteiger partial charge < -0.3 is 21.1 Å². The third-order valence-electron chi connectivity index (χ3n) is 7.08. The van der Waals surface area contributed by atoms with E-state index in [9.17, 15) is 9.18 Å². The largest absolute Gasteiger partial charge is 0.474 e. The summed E-state index contributed by atoms with van der Waals surface area (Å²) in [7, 11) is 0. The van der Waals surface area contributed by atoms with E-state index in [0.717, 1.165) is 11.1 Å². The Balaban J connectivity index is 1.16. The van der Waals surface area contributed by atoms with Gasteiger partial charge in [0.25, 0.3) is 11.9 Å².